The highest BCUT2D eigenvalue weighted by molar-refractivity contribution is 8.16. The molecule has 0 atom stereocenters. The Kier molecular flexibility index (Phi) is 5.62. The third kappa shape index (κ3) is 5.05. The first-order valence-electron chi connectivity index (χ1n) is 4.88. The van der Waals surface area contributed by atoms with Crippen molar-refractivity contribution in [1.82, 2.24) is 5.32 Å². The average molecular weight is 245 g/mol. The molecule has 3 nitrogen and oxygen atoms in total. The lowest BCUT2D eigenvalue weighted by Gasteiger charge is -1.96. The molecule has 0 saturated carbocycles. The number of benzene rings is 1. The lowest BCUT2D eigenvalue weighted by molar-refractivity contribution is -0.116. The molecule has 0 radical (unpaired) electrons. The van der Waals surface area contributed by atoms with Crippen LogP contribution in [0.15, 0.2) is 41.8 Å². The molecule has 0 fully saturated rings. The molecular weight excluding hydrogens is 234 g/mol. The molecular formula is C13H11NO2S. The van der Waals surface area contributed by atoms with E-state index in [0.717, 1.165) is 11.8 Å². The topological polar surface area (TPSA) is 46.2 Å². The quantitative estimate of drug-likeness (QED) is 0.650. The molecule has 1 amide bonds. The van der Waals surface area contributed by atoms with E-state index in [0.29, 0.717) is 5.56 Å². The van der Waals surface area contributed by atoms with Gasteiger partial charge in [-0.05, 0) is 5.41 Å². The maximum atomic E-state index is 11.6. The van der Waals surface area contributed by atoms with Gasteiger partial charge in [-0.1, -0.05) is 48.0 Å². The predicted octanol–water partition coefficient (Wildman–Crippen LogP) is 1.82. The van der Waals surface area contributed by atoms with Crippen molar-refractivity contribution in [3.8, 4) is 12.3 Å². The number of carbonyl (C=O) groups is 2. The molecule has 0 saturated heterocycles. The first-order chi connectivity index (χ1) is 8.24. The normalized spacial score (nSPS) is 9.82. The molecule has 4 heteroatoms. The average Bonchev–Trinajstić information content (AvgIpc) is 2.37. The summed E-state index contributed by atoms with van der Waals surface area (Å²) in [5.41, 5.74) is 0.603. The number of thioether (sulfide) groups is 1. The standard InChI is InChI=1S/C13H11NO2S/c1-2-9-14-12(15)8-10-17-13(16)11-6-4-3-5-7-11/h1,3-8,10H,9H2,(H,14,15). The van der Waals surface area contributed by atoms with E-state index in [4.69, 9.17) is 6.42 Å². The highest BCUT2D eigenvalue weighted by Crippen LogP contribution is 2.12. The van der Waals surface area contributed by atoms with Gasteiger partial charge >= 0.3 is 0 Å². The Labute approximate surface area is 104 Å². The van der Waals surface area contributed by atoms with Crippen LogP contribution in [0.4, 0.5) is 0 Å². The molecule has 0 aliphatic heterocycles. The molecule has 17 heavy (non-hydrogen) atoms. The maximum Gasteiger partial charge on any atom is 0.245 e. The van der Waals surface area contributed by atoms with Crippen molar-refractivity contribution < 1.29 is 9.59 Å². The third-order valence-corrected chi connectivity index (χ3v) is 2.49. The fourth-order valence-electron chi connectivity index (χ4n) is 0.997. The SMILES string of the molecule is C#CCNC(=O)C=CSC(=O)c1ccccc1. The molecule has 1 aromatic rings. The molecule has 1 rings (SSSR count). The number of terminal acetylenes is 1. The van der Waals surface area contributed by atoms with Crippen molar-refractivity contribution in [3.63, 3.8) is 0 Å². The van der Waals surface area contributed by atoms with Gasteiger partial charge in [0.2, 0.25) is 11.0 Å². The summed E-state index contributed by atoms with van der Waals surface area (Å²) in [6, 6.07) is 8.86. The zero-order valence-corrected chi connectivity index (χ0v) is 9.87. The van der Waals surface area contributed by atoms with Gasteiger partial charge in [-0.3, -0.25) is 9.59 Å². The van der Waals surface area contributed by atoms with Gasteiger partial charge in [-0.25, -0.2) is 0 Å². The van der Waals surface area contributed by atoms with Gasteiger partial charge < -0.3 is 5.32 Å². The van der Waals surface area contributed by atoms with Crippen molar-refractivity contribution in [2.24, 2.45) is 0 Å². The third-order valence-electron chi connectivity index (χ3n) is 1.77. The predicted molar refractivity (Wildman–Crippen MR) is 69.3 cm³/mol. The van der Waals surface area contributed by atoms with E-state index in [1.165, 1.54) is 11.5 Å². The van der Waals surface area contributed by atoms with Crippen LogP contribution >= 0.6 is 11.8 Å². The molecule has 0 bridgehead atoms. The fourth-order valence-corrected chi connectivity index (χ4v) is 1.58. The zero-order valence-electron chi connectivity index (χ0n) is 9.05. The minimum atomic E-state index is -0.309. The molecule has 1 N–H and O–H groups in total. The van der Waals surface area contributed by atoms with Crippen LogP contribution in [0.25, 0.3) is 0 Å². The lowest BCUT2D eigenvalue weighted by atomic mass is 10.2. The van der Waals surface area contributed by atoms with E-state index in [1.807, 2.05) is 6.07 Å². The van der Waals surface area contributed by atoms with Crippen LogP contribution in [0, 0.1) is 12.3 Å². The minimum Gasteiger partial charge on any atom is -0.342 e. The first kappa shape index (κ1) is 13.1. The van der Waals surface area contributed by atoms with Crippen LogP contribution in [0.3, 0.4) is 0 Å². The molecule has 0 aliphatic rings. The van der Waals surface area contributed by atoms with Crippen LogP contribution in [0.2, 0.25) is 0 Å². The summed E-state index contributed by atoms with van der Waals surface area (Å²) in [5.74, 6) is 1.98. The second kappa shape index (κ2) is 7.31. The van der Waals surface area contributed by atoms with E-state index < -0.39 is 0 Å². The van der Waals surface area contributed by atoms with Gasteiger partial charge in [0, 0.05) is 11.6 Å². The summed E-state index contributed by atoms with van der Waals surface area (Å²) >= 11 is 0.959. The first-order valence-corrected chi connectivity index (χ1v) is 5.76. The summed E-state index contributed by atoms with van der Waals surface area (Å²) in [6.07, 6.45) is 6.26. The number of amides is 1. The largest absolute Gasteiger partial charge is 0.342 e. The molecule has 0 aliphatic carbocycles. The van der Waals surface area contributed by atoms with E-state index in [1.54, 1.807) is 24.3 Å². The maximum absolute atomic E-state index is 11.6. The summed E-state index contributed by atoms with van der Waals surface area (Å²) in [5, 5.41) is 3.80. The number of rotatable bonds is 4. The van der Waals surface area contributed by atoms with Crippen LogP contribution < -0.4 is 5.32 Å². The van der Waals surface area contributed by atoms with Gasteiger partial charge in [0.25, 0.3) is 0 Å². The highest BCUT2D eigenvalue weighted by Gasteiger charge is 2.02. The monoisotopic (exact) mass is 245 g/mol. The highest BCUT2D eigenvalue weighted by atomic mass is 32.2. The van der Waals surface area contributed by atoms with E-state index in [2.05, 4.69) is 11.2 Å². The van der Waals surface area contributed by atoms with Crippen molar-refractivity contribution in [1.29, 1.82) is 0 Å². The van der Waals surface area contributed by atoms with E-state index in [-0.39, 0.29) is 17.6 Å². The molecule has 0 spiro atoms. The van der Waals surface area contributed by atoms with Crippen LogP contribution in [-0.4, -0.2) is 17.6 Å². The van der Waals surface area contributed by atoms with Crippen molar-refractivity contribution in [3.05, 3.63) is 47.4 Å². The second-order valence-electron chi connectivity index (χ2n) is 3.00. The van der Waals surface area contributed by atoms with Gasteiger partial charge in [-0.2, -0.15) is 0 Å². The van der Waals surface area contributed by atoms with Gasteiger partial charge in [0.1, 0.15) is 0 Å². The van der Waals surface area contributed by atoms with Gasteiger partial charge in [-0.15, -0.1) is 6.42 Å². The van der Waals surface area contributed by atoms with Crippen molar-refractivity contribution in [2.45, 2.75) is 0 Å². The van der Waals surface area contributed by atoms with Crippen LogP contribution in [0.1, 0.15) is 10.4 Å². The molecule has 86 valence electrons. The van der Waals surface area contributed by atoms with Gasteiger partial charge in [0.15, 0.2) is 0 Å². The molecule has 0 aromatic heterocycles. The Balaban J connectivity index is 2.41. The van der Waals surface area contributed by atoms with Crippen LogP contribution in [-0.2, 0) is 4.79 Å². The Bertz CT molecular complexity index is 460. The molecule has 1 aromatic carbocycles. The van der Waals surface area contributed by atoms with E-state index >= 15 is 0 Å². The summed E-state index contributed by atoms with van der Waals surface area (Å²) in [6.45, 7) is 0.181. The lowest BCUT2D eigenvalue weighted by Crippen LogP contribution is -2.20. The van der Waals surface area contributed by atoms with Crippen molar-refractivity contribution >= 4 is 22.8 Å². The van der Waals surface area contributed by atoms with Gasteiger partial charge in [0.05, 0.1) is 6.54 Å². The van der Waals surface area contributed by atoms with E-state index in [9.17, 15) is 9.59 Å². The van der Waals surface area contributed by atoms with Crippen molar-refractivity contribution in [2.75, 3.05) is 6.54 Å². The summed E-state index contributed by atoms with van der Waals surface area (Å²) in [4.78, 5) is 22.7. The number of hydrogen-bond acceptors (Lipinski definition) is 3. The smallest absolute Gasteiger partial charge is 0.245 e. The zero-order chi connectivity index (χ0) is 12.5. The number of carbonyl (C=O) groups excluding carboxylic acids is 2. The Hall–Kier alpha value is -1.99. The Morgan fingerprint density at radius 1 is 1.35 bits per heavy atom. The second-order valence-corrected chi connectivity index (χ2v) is 3.87. The molecule has 0 heterocycles. The number of hydrogen-bond donors (Lipinski definition) is 1. The Morgan fingerprint density at radius 2 is 2.06 bits per heavy atom. The molecule has 0 unspecified atom stereocenters. The van der Waals surface area contributed by atoms with Crippen LogP contribution in [0.5, 0.6) is 0 Å². The fraction of sp³-hybridized carbons (Fsp3) is 0.0769. The summed E-state index contributed by atoms with van der Waals surface area (Å²) in [7, 11) is 0. The Morgan fingerprint density at radius 3 is 2.71 bits per heavy atom. The minimum absolute atomic E-state index is 0.105. The number of nitrogens with one attached hydrogen (secondary N) is 1. The summed E-state index contributed by atoms with van der Waals surface area (Å²) < 4.78 is 0.